The summed E-state index contributed by atoms with van der Waals surface area (Å²) >= 11 is 0. The number of phenolic OH excluding ortho intramolecular Hbond substituents is 2. The van der Waals surface area contributed by atoms with Crippen LogP contribution in [0.2, 0.25) is 0 Å². The van der Waals surface area contributed by atoms with Gasteiger partial charge in [-0.1, -0.05) is 54.6 Å². The van der Waals surface area contributed by atoms with Crippen LogP contribution in [0.15, 0.2) is 78.9 Å². The lowest BCUT2D eigenvalue weighted by Gasteiger charge is -2.17. The van der Waals surface area contributed by atoms with Crippen molar-refractivity contribution >= 4 is 11.1 Å². The Kier molecular flexibility index (Phi) is 5.72. The van der Waals surface area contributed by atoms with Crippen molar-refractivity contribution in [2.45, 2.75) is 12.8 Å². The SMILES string of the molecule is OCCCC(=C(c1ccc(O)cc1)c1ccc(O)cc1)c1ccccc1. The van der Waals surface area contributed by atoms with E-state index < -0.39 is 0 Å². The van der Waals surface area contributed by atoms with Gasteiger partial charge in [-0.3, -0.25) is 0 Å². The molecular formula is C23H22O3. The van der Waals surface area contributed by atoms with Gasteiger partial charge in [-0.2, -0.15) is 0 Å². The van der Waals surface area contributed by atoms with E-state index in [9.17, 15) is 15.3 Å². The number of aromatic hydroxyl groups is 2. The third kappa shape index (κ3) is 4.13. The van der Waals surface area contributed by atoms with Crippen LogP contribution >= 0.6 is 0 Å². The van der Waals surface area contributed by atoms with Crippen LogP contribution in [0.5, 0.6) is 11.5 Å². The Morgan fingerprint density at radius 2 is 1.12 bits per heavy atom. The van der Waals surface area contributed by atoms with Crippen molar-refractivity contribution in [2.24, 2.45) is 0 Å². The fourth-order valence-corrected chi connectivity index (χ4v) is 3.08. The van der Waals surface area contributed by atoms with Crippen LogP contribution in [-0.2, 0) is 0 Å². The van der Waals surface area contributed by atoms with E-state index in [1.165, 1.54) is 0 Å². The van der Waals surface area contributed by atoms with Crippen molar-refractivity contribution in [1.82, 2.24) is 0 Å². The van der Waals surface area contributed by atoms with Crippen molar-refractivity contribution in [3.8, 4) is 11.5 Å². The molecule has 0 radical (unpaired) electrons. The zero-order chi connectivity index (χ0) is 18.4. The second kappa shape index (κ2) is 8.37. The van der Waals surface area contributed by atoms with E-state index in [1.807, 2.05) is 42.5 Å². The van der Waals surface area contributed by atoms with E-state index in [0.717, 1.165) is 34.3 Å². The number of phenols is 2. The third-order valence-electron chi connectivity index (χ3n) is 4.32. The quantitative estimate of drug-likeness (QED) is 0.560. The lowest BCUT2D eigenvalue weighted by atomic mass is 9.87. The lowest BCUT2D eigenvalue weighted by Crippen LogP contribution is -1.97. The third-order valence-corrected chi connectivity index (χ3v) is 4.32. The molecule has 0 bridgehead atoms. The summed E-state index contributed by atoms with van der Waals surface area (Å²) in [7, 11) is 0. The van der Waals surface area contributed by atoms with Crippen molar-refractivity contribution in [3.63, 3.8) is 0 Å². The summed E-state index contributed by atoms with van der Waals surface area (Å²) in [5, 5.41) is 28.7. The van der Waals surface area contributed by atoms with Gasteiger partial charge in [0.05, 0.1) is 0 Å². The molecule has 132 valence electrons. The van der Waals surface area contributed by atoms with Crippen LogP contribution in [0.4, 0.5) is 0 Å². The second-order valence-electron chi connectivity index (χ2n) is 6.14. The van der Waals surface area contributed by atoms with Crippen LogP contribution in [0.3, 0.4) is 0 Å². The molecule has 0 saturated heterocycles. The van der Waals surface area contributed by atoms with Gasteiger partial charge in [0.15, 0.2) is 0 Å². The standard InChI is InChI=1S/C23H22O3/c24-16-4-7-22(17-5-2-1-3-6-17)23(18-8-12-20(25)13-9-18)19-10-14-21(26)15-11-19/h1-3,5-6,8-15,24-26H,4,7,16H2. The van der Waals surface area contributed by atoms with Crippen LogP contribution in [0, 0.1) is 0 Å². The molecular weight excluding hydrogens is 324 g/mol. The Bertz CT molecular complexity index is 816. The maximum atomic E-state index is 9.66. The van der Waals surface area contributed by atoms with Crippen LogP contribution in [0.25, 0.3) is 11.1 Å². The molecule has 0 aliphatic heterocycles. The summed E-state index contributed by atoms with van der Waals surface area (Å²) in [6, 6.07) is 24.3. The molecule has 3 aromatic carbocycles. The highest BCUT2D eigenvalue weighted by atomic mass is 16.3. The zero-order valence-corrected chi connectivity index (χ0v) is 14.5. The molecule has 0 aromatic heterocycles. The average Bonchev–Trinajstić information content (AvgIpc) is 2.68. The number of rotatable bonds is 6. The number of hydrogen-bond acceptors (Lipinski definition) is 3. The fraction of sp³-hybridized carbons (Fsp3) is 0.130. The first-order valence-corrected chi connectivity index (χ1v) is 8.67. The maximum Gasteiger partial charge on any atom is 0.115 e. The predicted octanol–water partition coefficient (Wildman–Crippen LogP) is 4.83. The minimum absolute atomic E-state index is 0.120. The van der Waals surface area contributed by atoms with Crippen LogP contribution in [-0.4, -0.2) is 21.9 Å². The smallest absolute Gasteiger partial charge is 0.115 e. The van der Waals surface area contributed by atoms with Gasteiger partial charge in [-0.25, -0.2) is 0 Å². The summed E-state index contributed by atoms with van der Waals surface area (Å²) in [4.78, 5) is 0. The highest BCUT2D eigenvalue weighted by Gasteiger charge is 2.14. The first-order valence-electron chi connectivity index (χ1n) is 8.67. The minimum Gasteiger partial charge on any atom is -0.508 e. The number of benzene rings is 3. The molecule has 26 heavy (non-hydrogen) atoms. The van der Waals surface area contributed by atoms with Gasteiger partial charge in [-0.15, -0.1) is 0 Å². The molecule has 0 fully saturated rings. The van der Waals surface area contributed by atoms with Gasteiger partial charge in [0, 0.05) is 6.61 Å². The van der Waals surface area contributed by atoms with Crippen molar-refractivity contribution in [2.75, 3.05) is 6.61 Å². The molecule has 3 heteroatoms. The molecule has 0 heterocycles. The molecule has 3 aromatic rings. The molecule has 0 atom stereocenters. The van der Waals surface area contributed by atoms with Gasteiger partial charge in [0.2, 0.25) is 0 Å². The molecule has 0 aliphatic carbocycles. The topological polar surface area (TPSA) is 60.7 Å². The Balaban J connectivity index is 2.25. The van der Waals surface area contributed by atoms with E-state index >= 15 is 0 Å². The van der Waals surface area contributed by atoms with Crippen molar-refractivity contribution < 1.29 is 15.3 Å². The molecule has 3 rings (SSSR count). The molecule has 3 nitrogen and oxygen atoms in total. The highest BCUT2D eigenvalue weighted by Crippen LogP contribution is 2.36. The summed E-state index contributed by atoms with van der Waals surface area (Å²) in [6.07, 6.45) is 1.38. The Hall–Kier alpha value is -3.04. The maximum absolute atomic E-state index is 9.66. The van der Waals surface area contributed by atoms with Gasteiger partial charge in [0.25, 0.3) is 0 Å². The molecule has 0 amide bonds. The molecule has 3 N–H and O–H groups in total. The Morgan fingerprint density at radius 1 is 0.615 bits per heavy atom. The molecule has 0 aliphatic rings. The highest BCUT2D eigenvalue weighted by molar-refractivity contribution is 5.98. The summed E-state index contributed by atoms with van der Waals surface area (Å²) in [5.41, 5.74) is 5.20. The molecule has 0 unspecified atom stereocenters. The summed E-state index contributed by atoms with van der Waals surface area (Å²) in [5.74, 6) is 0.436. The number of hydrogen-bond donors (Lipinski definition) is 3. The van der Waals surface area contributed by atoms with Crippen molar-refractivity contribution in [3.05, 3.63) is 95.6 Å². The number of aliphatic hydroxyl groups is 1. The number of aliphatic hydroxyl groups excluding tert-OH is 1. The summed E-state index contributed by atoms with van der Waals surface area (Å²) < 4.78 is 0. The Morgan fingerprint density at radius 3 is 1.58 bits per heavy atom. The monoisotopic (exact) mass is 346 g/mol. The lowest BCUT2D eigenvalue weighted by molar-refractivity contribution is 0.290. The fourth-order valence-electron chi connectivity index (χ4n) is 3.08. The van der Waals surface area contributed by atoms with Crippen LogP contribution in [0.1, 0.15) is 29.5 Å². The van der Waals surface area contributed by atoms with E-state index in [2.05, 4.69) is 12.1 Å². The second-order valence-corrected chi connectivity index (χ2v) is 6.14. The molecule has 0 saturated carbocycles. The van der Waals surface area contributed by atoms with E-state index in [1.54, 1.807) is 24.3 Å². The normalized spacial score (nSPS) is 10.5. The van der Waals surface area contributed by atoms with E-state index in [4.69, 9.17) is 0 Å². The average molecular weight is 346 g/mol. The zero-order valence-electron chi connectivity index (χ0n) is 14.5. The summed E-state index contributed by atoms with van der Waals surface area (Å²) in [6.45, 7) is 0.120. The van der Waals surface area contributed by atoms with Gasteiger partial charge in [0.1, 0.15) is 11.5 Å². The first kappa shape index (κ1) is 17.8. The van der Waals surface area contributed by atoms with Gasteiger partial charge in [-0.05, 0) is 64.9 Å². The molecule has 0 spiro atoms. The first-order chi connectivity index (χ1) is 12.7. The minimum atomic E-state index is 0.120. The van der Waals surface area contributed by atoms with Crippen LogP contribution < -0.4 is 0 Å². The van der Waals surface area contributed by atoms with Crippen molar-refractivity contribution in [1.29, 1.82) is 0 Å². The van der Waals surface area contributed by atoms with Gasteiger partial charge < -0.3 is 15.3 Å². The van der Waals surface area contributed by atoms with E-state index in [-0.39, 0.29) is 18.1 Å². The number of allylic oxidation sites excluding steroid dienone is 1. The van der Waals surface area contributed by atoms with E-state index in [0.29, 0.717) is 6.42 Å². The van der Waals surface area contributed by atoms with Gasteiger partial charge >= 0.3 is 0 Å². The largest absolute Gasteiger partial charge is 0.508 e. The predicted molar refractivity (Wildman–Crippen MR) is 105 cm³/mol. The Labute approximate surface area is 153 Å².